The van der Waals surface area contributed by atoms with Crippen molar-refractivity contribution in [2.45, 2.75) is 25.2 Å². The van der Waals surface area contributed by atoms with Crippen LogP contribution in [0.4, 0.5) is 0 Å². The van der Waals surface area contributed by atoms with Crippen molar-refractivity contribution < 1.29 is 24.5 Å². The number of rotatable bonds is 6. The van der Waals surface area contributed by atoms with E-state index < -0.39 is 24.1 Å². The molecule has 5 heteroatoms. The molecule has 78 valence electrons. The van der Waals surface area contributed by atoms with E-state index in [1.54, 1.807) is 0 Å². The quantitative estimate of drug-likeness (QED) is 0.562. The molecule has 0 saturated carbocycles. The molecule has 0 spiro atoms. The average Bonchev–Trinajstić information content (AvgIpc) is 2.12. The van der Waals surface area contributed by atoms with Crippen molar-refractivity contribution in [1.29, 1.82) is 0 Å². The van der Waals surface area contributed by atoms with Gasteiger partial charge in [-0.3, -0.25) is 4.79 Å². The lowest BCUT2D eigenvalue weighted by molar-refractivity contribution is -0.144. The topological polar surface area (TPSA) is 76.0 Å². The summed E-state index contributed by atoms with van der Waals surface area (Å²) in [7, 11) is 2.72. The number of hydrogen-bond acceptors (Lipinski definition) is 5. The smallest absolute Gasteiger partial charge is 0.160 e. The Balaban J connectivity index is 4.37. The van der Waals surface area contributed by atoms with Gasteiger partial charge in [0.1, 0.15) is 18.3 Å². The van der Waals surface area contributed by atoms with Gasteiger partial charge in [-0.05, 0) is 6.92 Å². The predicted octanol–water partition coefficient (Wildman–Crippen LogP) is -1.04. The van der Waals surface area contributed by atoms with Gasteiger partial charge in [0.05, 0.1) is 6.61 Å². The molecule has 0 amide bonds. The lowest BCUT2D eigenvalue weighted by Crippen LogP contribution is -2.45. The Labute approximate surface area is 77.3 Å². The SMILES string of the molecule is CO[C@@H]([C@H](CO)OC)[C@@H](O)C(C)=O. The van der Waals surface area contributed by atoms with Crippen LogP contribution in [0.3, 0.4) is 0 Å². The van der Waals surface area contributed by atoms with E-state index in [1.807, 2.05) is 0 Å². The molecule has 2 N–H and O–H groups in total. The normalized spacial score (nSPS) is 17.9. The minimum atomic E-state index is -1.26. The van der Waals surface area contributed by atoms with Crippen LogP contribution in [-0.4, -0.2) is 55.1 Å². The second-order valence-electron chi connectivity index (χ2n) is 2.71. The second-order valence-corrected chi connectivity index (χ2v) is 2.71. The number of methoxy groups -OCH3 is 2. The van der Waals surface area contributed by atoms with Gasteiger partial charge in [-0.1, -0.05) is 0 Å². The molecule has 5 nitrogen and oxygen atoms in total. The summed E-state index contributed by atoms with van der Waals surface area (Å²) in [5, 5.41) is 18.2. The van der Waals surface area contributed by atoms with Gasteiger partial charge in [-0.15, -0.1) is 0 Å². The number of carbonyl (C=O) groups is 1. The van der Waals surface area contributed by atoms with Gasteiger partial charge in [0.25, 0.3) is 0 Å². The van der Waals surface area contributed by atoms with Crippen LogP contribution < -0.4 is 0 Å². The molecule has 0 rings (SSSR count). The van der Waals surface area contributed by atoms with E-state index in [2.05, 4.69) is 0 Å². The third kappa shape index (κ3) is 3.40. The first-order chi connectivity index (χ1) is 6.08. The molecule has 0 saturated heterocycles. The molecule has 0 radical (unpaired) electrons. The van der Waals surface area contributed by atoms with Crippen LogP contribution in [0.1, 0.15) is 6.92 Å². The maximum absolute atomic E-state index is 10.8. The van der Waals surface area contributed by atoms with Crippen LogP contribution in [-0.2, 0) is 14.3 Å². The van der Waals surface area contributed by atoms with Gasteiger partial charge >= 0.3 is 0 Å². The highest BCUT2D eigenvalue weighted by Gasteiger charge is 2.30. The molecular formula is C8H16O5. The summed E-state index contributed by atoms with van der Waals surface area (Å²) in [5.74, 6) is -0.414. The number of ketones is 1. The van der Waals surface area contributed by atoms with Crippen molar-refractivity contribution in [2.75, 3.05) is 20.8 Å². The summed E-state index contributed by atoms with van der Waals surface area (Å²) in [6.45, 7) is 0.945. The van der Waals surface area contributed by atoms with Crippen LogP contribution in [0.5, 0.6) is 0 Å². The van der Waals surface area contributed by atoms with Crippen molar-refractivity contribution in [3.8, 4) is 0 Å². The Morgan fingerprint density at radius 1 is 1.38 bits per heavy atom. The third-order valence-corrected chi connectivity index (χ3v) is 1.85. The monoisotopic (exact) mass is 192 g/mol. The second kappa shape index (κ2) is 6.04. The largest absolute Gasteiger partial charge is 0.394 e. The van der Waals surface area contributed by atoms with E-state index in [-0.39, 0.29) is 6.61 Å². The Morgan fingerprint density at radius 2 is 1.92 bits per heavy atom. The maximum Gasteiger partial charge on any atom is 0.160 e. The lowest BCUT2D eigenvalue weighted by atomic mass is 10.1. The molecule has 0 aromatic rings. The Kier molecular flexibility index (Phi) is 5.81. The zero-order chi connectivity index (χ0) is 10.4. The van der Waals surface area contributed by atoms with Crippen LogP contribution >= 0.6 is 0 Å². The van der Waals surface area contributed by atoms with Crippen LogP contribution in [0, 0.1) is 0 Å². The van der Waals surface area contributed by atoms with Gasteiger partial charge in [0.15, 0.2) is 5.78 Å². The molecule has 0 bridgehead atoms. The van der Waals surface area contributed by atoms with Crippen LogP contribution in [0.15, 0.2) is 0 Å². The summed E-state index contributed by atoms with van der Waals surface area (Å²) < 4.78 is 9.70. The van der Waals surface area contributed by atoms with Gasteiger partial charge in [-0.25, -0.2) is 0 Å². The number of carbonyl (C=O) groups excluding carboxylic acids is 1. The van der Waals surface area contributed by atoms with Crippen molar-refractivity contribution in [1.82, 2.24) is 0 Å². The Morgan fingerprint density at radius 3 is 2.15 bits per heavy atom. The zero-order valence-electron chi connectivity index (χ0n) is 8.06. The lowest BCUT2D eigenvalue weighted by Gasteiger charge is -2.25. The fourth-order valence-corrected chi connectivity index (χ4v) is 1.03. The van der Waals surface area contributed by atoms with Crippen molar-refractivity contribution >= 4 is 5.78 Å². The van der Waals surface area contributed by atoms with Gasteiger partial charge < -0.3 is 19.7 Å². The van der Waals surface area contributed by atoms with E-state index in [9.17, 15) is 9.90 Å². The number of aliphatic hydroxyl groups is 2. The summed E-state index contributed by atoms with van der Waals surface area (Å²) in [6.07, 6.45) is -2.78. The standard InChI is InChI=1S/C8H16O5/c1-5(10)7(11)8(13-3)6(4-9)12-2/h6-9,11H,4H2,1-3H3/t6-,7-,8-/m0/s1. The summed E-state index contributed by atoms with van der Waals surface area (Å²) in [6, 6.07) is 0. The highest BCUT2D eigenvalue weighted by Crippen LogP contribution is 2.08. The fraction of sp³-hybridized carbons (Fsp3) is 0.875. The first-order valence-corrected chi connectivity index (χ1v) is 3.93. The first-order valence-electron chi connectivity index (χ1n) is 3.93. The molecule has 13 heavy (non-hydrogen) atoms. The van der Waals surface area contributed by atoms with Crippen LogP contribution in [0.25, 0.3) is 0 Å². The minimum absolute atomic E-state index is 0.306. The van der Waals surface area contributed by atoms with Crippen LogP contribution in [0.2, 0.25) is 0 Å². The van der Waals surface area contributed by atoms with Crippen molar-refractivity contribution in [3.05, 3.63) is 0 Å². The van der Waals surface area contributed by atoms with Gasteiger partial charge in [-0.2, -0.15) is 0 Å². The summed E-state index contributed by atoms with van der Waals surface area (Å²) in [5.41, 5.74) is 0. The molecule has 0 heterocycles. The molecule has 0 aliphatic heterocycles. The molecule has 0 aromatic carbocycles. The number of hydrogen-bond donors (Lipinski definition) is 2. The van der Waals surface area contributed by atoms with E-state index in [0.29, 0.717) is 0 Å². The minimum Gasteiger partial charge on any atom is -0.394 e. The molecule has 0 unspecified atom stereocenters. The van der Waals surface area contributed by atoms with E-state index in [0.717, 1.165) is 0 Å². The molecule has 0 aromatic heterocycles. The number of ether oxygens (including phenoxy) is 2. The molecule has 0 aliphatic rings. The maximum atomic E-state index is 10.8. The summed E-state index contributed by atoms with van der Waals surface area (Å²) >= 11 is 0. The van der Waals surface area contributed by atoms with Crippen molar-refractivity contribution in [2.24, 2.45) is 0 Å². The Hall–Kier alpha value is -0.490. The molecule has 0 fully saturated rings. The predicted molar refractivity (Wildman–Crippen MR) is 45.4 cm³/mol. The van der Waals surface area contributed by atoms with E-state index in [1.165, 1.54) is 21.1 Å². The molecule has 0 aliphatic carbocycles. The Bertz CT molecular complexity index is 155. The molecule has 3 atom stereocenters. The third-order valence-electron chi connectivity index (χ3n) is 1.85. The average molecular weight is 192 g/mol. The zero-order valence-corrected chi connectivity index (χ0v) is 8.06. The number of aliphatic hydroxyl groups excluding tert-OH is 2. The van der Waals surface area contributed by atoms with E-state index >= 15 is 0 Å². The molecular weight excluding hydrogens is 176 g/mol. The van der Waals surface area contributed by atoms with Gasteiger partial charge in [0.2, 0.25) is 0 Å². The highest BCUT2D eigenvalue weighted by atomic mass is 16.5. The first kappa shape index (κ1) is 12.5. The van der Waals surface area contributed by atoms with E-state index in [4.69, 9.17) is 14.6 Å². The fourth-order valence-electron chi connectivity index (χ4n) is 1.03. The highest BCUT2D eigenvalue weighted by molar-refractivity contribution is 5.80. The summed E-state index contributed by atoms with van der Waals surface area (Å²) in [4.78, 5) is 10.8. The number of Topliss-reactive ketones (excluding diaryl/α,β-unsaturated/α-hetero) is 1. The van der Waals surface area contributed by atoms with Gasteiger partial charge in [0, 0.05) is 14.2 Å². The van der Waals surface area contributed by atoms with Crippen molar-refractivity contribution in [3.63, 3.8) is 0 Å².